The van der Waals surface area contributed by atoms with Crippen LogP contribution in [0, 0.1) is 0 Å². The fourth-order valence-electron chi connectivity index (χ4n) is 5.39. The summed E-state index contributed by atoms with van der Waals surface area (Å²) >= 11 is 0. The Kier molecular flexibility index (Phi) is 16.7. The van der Waals surface area contributed by atoms with Crippen LogP contribution < -0.4 is 14.9 Å². The van der Waals surface area contributed by atoms with E-state index >= 15 is 0 Å². The molecule has 0 bridgehead atoms. The standard InChI is InChI=1S/C38H52N2O4/c1-3-5-6-7-8-9-10-11-12-13-14-15-16-17-18-23-37(41)40-39-30-35-34-22-20-19-21-31(34)26-29-36(35)44-38(42)32-24-27-33(28-25-32)43-4-2/h19-22,24-30H,3-18,23H2,1-2H3,(H,40,41)/b39-30-. The summed E-state index contributed by atoms with van der Waals surface area (Å²) in [6.45, 7) is 4.74. The van der Waals surface area contributed by atoms with Crippen molar-refractivity contribution < 1.29 is 19.1 Å². The largest absolute Gasteiger partial charge is 0.494 e. The van der Waals surface area contributed by atoms with E-state index in [1.807, 2.05) is 37.3 Å². The van der Waals surface area contributed by atoms with E-state index < -0.39 is 5.97 Å². The maximum absolute atomic E-state index is 12.9. The van der Waals surface area contributed by atoms with Gasteiger partial charge in [-0.25, -0.2) is 10.2 Å². The van der Waals surface area contributed by atoms with Crippen LogP contribution in [0.2, 0.25) is 0 Å². The van der Waals surface area contributed by atoms with Gasteiger partial charge in [0.15, 0.2) is 0 Å². The highest BCUT2D eigenvalue weighted by atomic mass is 16.5. The summed E-state index contributed by atoms with van der Waals surface area (Å²) < 4.78 is 11.2. The molecule has 3 rings (SSSR count). The lowest BCUT2D eigenvalue weighted by Crippen LogP contribution is -2.17. The SMILES string of the molecule is CCCCCCCCCCCCCCCCCC(=O)N/N=C\c1c(OC(=O)c2ccc(OCC)cc2)ccc2ccccc12. The van der Waals surface area contributed by atoms with E-state index in [1.54, 1.807) is 36.5 Å². The Balaban J connectivity index is 1.37. The van der Waals surface area contributed by atoms with Crippen LogP contribution in [0.4, 0.5) is 0 Å². The summed E-state index contributed by atoms with van der Waals surface area (Å²) in [7, 11) is 0. The van der Waals surface area contributed by atoms with Crippen LogP contribution >= 0.6 is 0 Å². The molecule has 0 aromatic heterocycles. The number of fused-ring (bicyclic) bond motifs is 1. The molecule has 0 unspecified atom stereocenters. The van der Waals surface area contributed by atoms with Crippen LogP contribution in [0.25, 0.3) is 10.8 Å². The zero-order chi connectivity index (χ0) is 31.2. The summed E-state index contributed by atoms with van der Waals surface area (Å²) in [4.78, 5) is 25.3. The zero-order valence-corrected chi connectivity index (χ0v) is 27.0. The van der Waals surface area contributed by atoms with E-state index in [2.05, 4.69) is 17.5 Å². The number of ether oxygens (including phenoxy) is 2. The van der Waals surface area contributed by atoms with Gasteiger partial charge in [-0.3, -0.25) is 4.79 Å². The minimum Gasteiger partial charge on any atom is -0.494 e. The third-order valence-corrected chi connectivity index (χ3v) is 7.92. The molecule has 3 aromatic carbocycles. The second-order valence-corrected chi connectivity index (χ2v) is 11.5. The second kappa shape index (κ2) is 21.1. The fraction of sp³-hybridized carbons (Fsp3) is 0.500. The molecule has 0 heterocycles. The van der Waals surface area contributed by atoms with Gasteiger partial charge in [-0.1, -0.05) is 127 Å². The molecule has 0 saturated heterocycles. The third-order valence-electron chi connectivity index (χ3n) is 7.92. The predicted octanol–water partition coefficient (Wildman–Crippen LogP) is 10.2. The lowest BCUT2D eigenvalue weighted by Gasteiger charge is -2.11. The van der Waals surface area contributed by atoms with Gasteiger partial charge in [0.25, 0.3) is 0 Å². The number of hydrazone groups is 1. The van der Waals surface area contributed by atoms with Gasteiger partial charge in [-0.05, 0) is 54.4 Å². The smallest absolute Gasteiger partial charge is 0.343 e. The second-order valence-electron chi connectivity index (χ2n) is 11.5. The van der Waals surface area contributed by atoms with Crippen molar-refractivity contribution in [2.24, 2.45) is 5.10 Å². The molecule has 44 heavy (non-hydrogen) atoms. The van der Waals surface area contributed by atoms with Crippen LogP contribution in [0.3, 0.4) is 0 Å². The average Bonchev–Trinajstić information content (AvgIpc) is 3.04. The van der Waals surface area contributed by atoms with Gasteiger partial charge < -0.3 is 9.47 Å². The number of benzene rings is 3. The normalized spacial score (nSPS) is 11.2. The number of hydrogen-bond acceptors (Lipinski definition) is 5. The number of nitrogens with one attached hydrogen (secondary N) is 1. The molecule has 1 N–H and O–H groups in total. The molecule has 1 amide bonds. The third kappa shape index (κ3) is 12.9. The summed E-state index contributed by atoms with van der Waals surface area (Å²) in [5.74, 6) is 0.491. The number of rotatable bonds is 22. The summed E-state index contributed by atoms with van der Waals surface area (Å²) in [5, 5.41) is 6.09. The Morgan fingerprint density at radius 2 is 1.30 bits per heavy atom. The van der Waals surface area contributed by atoms with E-state index in [1.165, 1.54) is 83.5 Å². The number of esters is 1. The number of nitrogens with zero attached hydrogens (tertiary/aromatic N) is 1. The van der Waals surface area contributed by atoms with Crippen LogP contribution in [-0.2, 0) is 4.79 Å². The molecule has 3 aromatic rings. The first-order valence-electron chi connectivity index (χ1n) is 16.9. The molecule has 6 heteroatoms. The van der Waals surface area contributed by atoms with Crippen molar-refractivity contribution in [3.8, 4) is 11.5 Å². The molecule has 0 spiro atoms. The Morgan fingerprint density at radius 3 is 1.91 bits per heavy atom. The van der Waals surface area contributed by atoms with Crippen molar-refractivity contribution in [1.82, 2.24) is 5.43 Å². The number of amides is 1. The Bertz CT molecular complexity index is 1290. The first-order chi connectivity index (χ1) is 21.6. The van der Waals surface area contributed by atoms with Gasteiger partial charge in [-0.2, -0.15) is 5.10 Å². The van der Waals surface area contributed by atoms with Gasteiger partial charge >= 0.3 is 5.97 Å². The van der Waals surface area contributed by atoms with Crippen LogP contribution in [0.15, 0.2) is 65.8 Å². The minimum atomic E-state index is -0.477. The highest BCUT2D eigenvalue weighted by Gasteiger charge is 2.14. The summed E-state index contributed by atoms with van der Waals surface area (Å²) in [5.41, 5.74) is 3.70. The predicted molar refractivity (Wildman–Crippen MR) is 182 cm³/mol. The minimum absolute atomic E-state index is 0.107. The van der Waals surface area contributed by atoms with Crippen molar-refractivity contribution in [3.05, 3.63) is 71.8 Å². The Hall–Kier alpha value is -3.67. The van der Waals surface area contributed by atoms with Crippen LogP contribution in [0.5, 0.6) is 11.5 Å². The molecule has 0 aliphatic carbocycles. The van der Waals surface area contributed by atoms with Crippen molar-refractivity contribution in [3.63, 3.8) is 0 Å². The fourth-order valence-corrected chi connectivity index (χ4v) is 5.39. The number of hydrogen-bond donors (Lipinski definition) is 1. The zero-order valence-electron chi connectivity index (χ0n) is 27.0. The first kappa shape index (κ1) is 34.8. The number of unbranched alkanes of at least 4 members (excludes halogenated alkanes) is 14. The van der Waals surface area contributed by atoms with E-state index in [4.69, 9.17) is 9.47 Å². The maximum atomic E-state index is 12.9. The van der Waals surface area contributed by atoms with Crippen molar-refractivity contribution in [1.29, 1.82) is 0 Å². The van der Waals surface area contributed by atoms with E-state index in [9.17, 15) is 9.59 Å². The molecule has 0 aliphatic heterocycles. The van der Waals surface area contributed by atoms with E-state index in [0.29, 0.717) is 35.7 Å². The van der Waals surface area contributed by atoms with Crippen LogP contribution in [-0.4, -0.2) is 24.7 Å². The molecule has 0 atom stereocenters. The topological polar surface area (TPSA) is 77.0 Å². The van der Waals surface area contributed by atoms with E-state index in [0.717, 1.165) is 23.6 Å². The molecule has 0 fully saturated rings. The molecule has 0 radical (unpaired) electrons. The quantitative estimate of drug-likeness (QED) is 0.0409. The number of carbonyl (C=O) groups excluding carboxylic acids is 2. The molecule has 0 aliphatic rings. The number of carbonyl (C=O) groups is 2. The van der Waals surface area contributed by atoms with Gasteiger partial charge in [-0.15, -0.1) is 0 Å². The average molecular weight is 601 g/mol. The summed E-state index contributed by atoms with van der Waals surface area (Å²) in [6, 6.07) is 18.3. The van der Waals surface area contributed by atoms with Gasteiger partial charge in [0.1, 0.15) is 11.5 Å². The molecule has 0 saturated carbocycles. The highest BCUT2D eigenvalue weighted by molar-refractivity contribution is 6.04. The van der Waals surface area contributed by atoms with Gasteiger partial charge in [0, 0.05) is 12.0 Å². The Labute approximate surface area is 264 Å². The lowest BCUT2D eigenvalue weighted by atomic mass is 10.0. The molecule has 6 nitrogen and oxygen atoms in total. The molecular weight excluding hydrogens is 548 g/mol. The molecular formula is C38H52N2O4. The molecule has 238 valence electrons. The van der Waals surface area contributed by atoms with E-state index in [-0.39, 0.29) is 5.91 Å². The van der Waals surface area contributed by atoms with Crippen LogP contribution in [0.1, 0.15) is 133 Å². The lowest BCUT2D eigenvalue weighted by molar-refractivity contribution is -0.121. The monoisotopic (exact) mass is 600 g/mol. The van der Waals surface area contributed by atoms with Gasteiger partial charge in [0.2, 0.25) is 5.91 Å². The van der Waals surface area contributed by atoms with Crippen molar-refractivity contribution in [2.75, 3.05) is 6.61 Å². The maximum Gasteiger partial charge on any atom is 0.343 e. The van der Waals surface area contributed by atoms with Crippen molar-refractivity contribution >= 4 is 28.9 Å². The summed E-state index contributed by atoms with van der Waals surface area (Å²) in [6.07, 6.45) is 21.4. The Morgan fingerprint density at radius 1 is 0.705 bits per heavy atom. The van der Waals surface area contributed by atoms with Crippen molar-refractivity contribution in [2.45, 2.75) is 117 Å². The highest BCUT2D eigenvalue weighted by Crippen LogP contribution is 2.28. The first-order valence-corrected chi connectivity index (χ1v) is 16.9. The van der Waals surface area contributed by atoms with Gasteiger partial charge in [0.05, 0.1) is 18.4 Å².